The van der Waals surface area contributed by atoms with Crippen LogP contribution >= 0.6 is 11.6 Å². The number of hydrogen-bond donors (Lipinski definition) is 3. The summed E-state index contributed by atoms with van der Waals surface area (Å²) in [5, 5.41) is 8.59. The lowest BCUT2D eigenvalue weighted by Gasteiger charge is -2.19. The van der Waals surface area contributed by atoms with Gasteiger partial charge in [-0.15, -0.1) is 0 Å². The second-order valence-corrected chi connectivity index (χ2v) is 8.03. The molecule has 0 heterocycles. The first-order chi connectivity index (χ1) is 14.1. The summed E-state index contributed by atoms with van der Waals surface area (Å²) in [6.07, 6.45) is -0.340. The van der Waals surface area contributed by atoms with Gasteiger partial charge < -0.3 is 20.7 Å². The molecule has 0 spiro atoms. The number of ether oxygens (including phenoxy) is 1. The molecular weight excluding hydrogens is 406 g/mol. The molecule has 0 atom stereocenters. The summed E-state index contributed by atoms with van der Waals surface area (Å²) in [7, 11) is 0. The van der Waals surface area contributed by atoms with Crippen LogP contribution in [-0.4, -0.2) is 30.1 Å². The van der Waals surface area contributed by atoms with Crippen molar-refractivity contribution in [3.63, 3.8) is 0 Å². The summed E-state index contributed by atoms with van der Waals surface area (Å²) in [5.74, 6) is -0.487. The smallest absolute Gasteiger partial charge is 0.407 e. The van der Waals surface area contributed by atoms with Crippen molar-refractivity contribution in [1.29, 1.82) is 0 Å². The Morgan fingerprint density at radius 1 is 0.933 bits per heavy atom. The minimum Gasteiger partial charge on any atom is -0.444 e. The highest BCUT2D eigenvalue weighted by atomic mass is 35.5. The van der Waals surface area contributed by atoms with Crippen LogP contribution in [0.3, 0.4) is 0 Å². The van der Waals surface area contributed by atoms with Gasteiger partial charge in [0, 0.05) is 29.4 Å². The Balaban J connectivity index is 1.82. The van der Waals surface area contributed by atoms with Crippen LogP contribution in [0.25, 0.3) is 0 Å². The molecule has 0 aliphatic carbocycles. The topological polar surface area (TPSA) is 96.5 Å². The third-order valence-electron chi connectivity index (χ3n) is 3.76. The SMILES string of the molecule is CC(C)(C)OC(=O)NCCC(=O)Nc1cccc(NC(=O)Cc2ccccc2Cl)c1. The maximum Gasteiger partial charge on any atom is 0.407 e. The van der Waals surface area contributed by atoms with Crippen molar-refractivity contribution in [1.82, 2.24) is 5.32 Å². The number of hydrogen-bond acceptors (Lipinski definition) is 4. The van der Waals surface area contributed by atoms with Gasteiger partial charge in [-0.2, -0.15) is 0 Å². The Bertz CT molecular complexity index is 909. The monoisotopic (exact) mass is 431 g/mol. The van der Waals surface area contributed by atoms with Crippen LogP contribution in [0.2, 0.25) is 5.02 Å². The Kier molecular flexibility index (Phi) is 8.24. The number of amides is 3. The standard InChI is InChI=1S/C22H26ClN3O4/c1-22(2,3)30-21(29)24-12-11-19(27)25-16-8-6-9-17(14-16)26-20(28)13-15-7-4-5-10-18(15)23/h4-10,14H,11-13H2,1-3H3,(H,24,29)(H,25,27)(H,26,28). The predicted molar refractivity (Wildman–Crippen MR) is 118 cm³/mol. The van der Waals surface area contributed by atoms with E-state index in [-0.39, 0.29) is 31.2 Å². The van der Waals surface area contributed by atoms with Crippen LogP contribution in [0.4, 0.5) is 16.2 Å². The lowest BCUT2D eigenvalue weighted by atomic mass is 10.1. The summed E-state index contributed by atoms with van der Waals surface area (Å²) in [5.41, 5.74) is 1.23. The van der Waals surface area contributed by atoms with Gasteiger partial charge in [0.25, 0.3) is 0 Å². The molecule has 0 aromatic heterocycles. The van der Waals surface area contributed by atoms with E-state index >= 15 is 0 Å². The Morgan fingerprint density at radius 3 is 2.20 bits per heavy atom. The lowest BCUT2D eigenvalue weighted by Crippen LogP contribution is -2.34. The molecule has 0 unspecified atom stereocenters. The molecule has 160 valence electrons. The number of benzene rings is 2. The first kappa shape index (κ1) is 23.2. The summed E-state index contributed by atoms with van der Waals surface area (Å²) in [4.78, 5) is 35.9. The second kappa shape index (κ2) is 10.6. The van der Waals surface area contributed by atoms with Gasteiger partial charge in [0.1, 0.15) is 5.60 Å². The number of alkyl carbamates (subject to hydrolysis) is 1. The molecule has 0 fully saturated rings. The van der Waals surface area contributed by atoms with Crippen LogP contribution in [0.1, 0.15) is 32.8 Å². The molecule has 2 aromatic rings. The molecule has 3 amide bonds. The van der Waals surface area contributed by atoms with E-state index < -0.39 is 11.7 Å². The summed E-state index contributed by atoms with van der Waals surface area (Å²) in [6, 6.07) is 14.0. The number of rotatable bonds is 7. The lowest BCUT2D eigenvalue weighted by molar-refractivity contribution is -0.116. The van der Waals surface area contributed by atoms with E-state index in [2.05, 4.69) is 16.0 Å². The highest BCUT2D eigenvalue weighted by Crippen LogP contribution is 2.18. The normalized spacial score (nSPS) is 10.8. The Morgan fingerprint density at radius 2 is 1.57 bits per heavy atom. The van der Waals surface area contributed by atoms with E-state index in [1.165, 1.54) is 0 Å². The van der Waals surface area contributed by atoms with Crippen LogP contribution in [0.15, 0.2) is 48.5 Å². The number of halogens is 1. The fourth-order valence-corrected chi connectivity index (χ4v) is 2.71. The van der Waals surface area contributed by atoms with Crippen molar-refractivity contribution >= 4 is 40.9 Å². The van der Waals surface area contributed by atoms with E-state index in [1.54, 1.807) is 63.2 Å². The molecular formula is C22H26ClN3O4. The number of carbonyl (C=O) groups excluding carboxylic acids is 3. The maximum atomic E-state index is 12.3. The molecule has 0 aliphatic rings. The fourth-order valence-electron chi connectivity index (χ4n) is 2.51. The van der Waals surface area contributed by atoms with Gasteiger partial charge in [0.2, 0.25) is 11.8 Å². The molecule has 30 heavy (non-hydrogen) atoms. The van der Waals surface area contributed by atoms with Crippen molar-refractivity contribution in [2.75, 3.05) is 17.2 Å². The minimum atomic E-state index is -0.594. The molecule has 7 nitrogen and oxygen atoms in total. The van der Waals surface area contributed by atoms with Crippen molar-refractivity contribution in [3.05, 3.63) is 59.1 Å². The molecule has 0 radical (unpaired) electrons. The maximum absolute atomic E-state index is 12.3. The zero-order valence-corrected chi connectivity index (χ0v) is 18.0. The predicted octanol–water partition coefficient (Wildman–Crippen LogP) is 4.37. The highest BCUT2D eigenvalue weighted by molar-refractivity contribution is 6.31. The van der Waals surface area contributed by atoms with Crippen LogP contribution < -0.4 is 16.0 Å². The van der Waals surface area contributed by atoms with E-state index in [4.69, 9.17) is 16.3 Å². The summed E-state index contributed by atoms with van der Waals surface area (Å²) in [6.45, 7) is 5.44. The van der Waals surface area contributed by atoms with Crippen molar-refractivity contribution in [2.24, 2.45) is 0 Å². The average molecular weight is 432 g/mol. The van der Waals surface area contributed by atoms with E-state index in [9.17, 15) is 14.4 Å². The average Bonchev–Trinajstić information content (AvgIpc) is 2.62. The number of carbonyl (C=O) groups is 3. The van der Waals surface area contributed by atoms with Gasteiger partial charge in [0.15, 0.2) is 0 Å². The first-order valence-electron chi connectivity index (χ1n) is 9.52. The van der Waals surface area contributed by atoms with E-state index in [0.29, 0.717) is 16.4 Å². The van der Waals surface area contributed by atoms with Gasteiger partial charge in [-0.25, -0.2) is 4.79 Å². The molecule has 0 saturated heterocycles. The molecule has 8 heteroatoms. The van der Waals surface area contributed by atoms with Crippen molar-refractivity contribution in [3.8, 4) is 0 Å². The Labute approximate surface area is 181 Å². The molecule has 0 aliphatic heterocycles. The number of anilines is 2. The fraction of sp³-hybridized carbons (Fsp3) is 0.318. The summed E-state index contributed by atoms with van der Waals surface area (Å²) >= 11 is 6.08. The zero-order chi connectivity index (χ0) is 22.1. The Hall–Kier alpha value is -3.06. The van der Waals surface area contributed by atoms with E-state index in [0.717, 1.165) is 5.56 Å². The summed E-state index contributed by atoms with van der Waals surface area (Å²) < 4.78 is 5.11. The van der Waals surface area contributed by atoms with E-state index in [1.807, 2.05) is 6.07 Å². The third kappa shape index (κ3) is 8.53. The van der Waals surface area contributed by atoms with Gasteiger partial charge in [0.05, 0.1) is 6.42 Å². The molecule has 2 aromatic carbocycles. The molecule has 2 rings (SSSR count). The largest absolute Gasteiger partial charge is 0.444 e. The van der Waals surface area contributed by atoms with Crippen molar-refractivity contribution in [2.45, 2.75) is 39.2 Å². The van der Waals surface area contributed by atoms with Gasteiger partial charge in [-0.1, -0.05) is 35.9 Å². The number of nitrogens with one attached hydrogen (secondary N) is 3. The highest BCUT2D eigenvalue weighted by Gasteiger charge is 2.16. The quantitative estimate of drug-likeness (QED) is 0.606. The van der Waals surface area contributed by atoms with Gasteiger partial charge in [-0.3, -0.25) is 9.59 Å². The van der Waals surface area contributed by atoms with Gasteiger partial charge in [-0.05, 0) is 50.6 Å². The zero-order valence-electron chi connectivity index (χ0n) is 17.3. The van der Waals surface area contributed by atoms with Crippen LogP contribution in [-0.2, 0) is 20.7 Å². The minimum absolute atomic E-state index is 0.0857. The molecule has 3 N–H and O–H groups in total. The third-order valence-corrected chi connectivity index (χ3v) is 4.13. The van der Waals surface area contributed by atoms with Crippen molar-refractivity contribution < 1.29 is 19.1 Å². The molecule has 0 bridgehead atoms. The second-order valence-electron chi connectivity index (χ2n) is 7.62. The first-order valence-corrected chi connectivity index (χ1v) is 9.90. The molecule has 0 saturated carbocycles. The van der Waals surface area contributed by atoms with Gasteiger partial charge >= 0.3 is 6.09 Å². The van der Waals surface area contributed by atoms with Crippen LogP contribution in [0, 0.1) is 0 Å². The van der Waals surface area contributed by atoms with Crippen LogP contribution in [0.5, 0.6) is 0 Å².